The fourth-order valence-corrected chi connectivity index (χ4v) is 4.86. The molecule has 2 aromatic rings. The molecule has 6 nitrogen and oxygen atoms in total. The van der Waals surface area contributed by atoms with Crippen LogP contribution in [0.1, 0.15) is 66.3 Å². The molecule has 1 aliphatic heterocycles. The van der Waals surface area contributed by atoms with Crippen molar-refractivity contribution in [3.8, 4) is 0 Å². The van der Waals surface area contributed by atoms with E-state index in [0.717, 1.165) is 6.42 Å². The Morgan fingerprint density at radius 3 is 2.21 bits per heavy atom. The Morgan fingerprint density at radius 1 is 1.03 bits per heavy atom. The predicted octanol–water partition coefficient (Wildman–Crippen LogP) is 4.50. The maximum atomic E-state index is 13.5. The van der Waals surface area contributed by atoms with E-state index in [1.807, 2.05) is 30.9 Å². The molecule has 0 saturated carbocycles. The molecule has 3 rings (SSSR count). The molecule has 2 atom stereocenters. The van der Waals surface area contributed by atoms with Crippen molar-refractivity contribution in [2.24, 2.45) is 11.3 Å². The lowest BCUT2D eigenvalue weighted by Crippen LogP contribution is -2.55. The van der Waals surface area contributed by atoms with Gasteiger partial charge in [0.1, 0.15) is 6.04 Å². The lowest BCUT2D eigenvalue weighted by atomic mass is 9.70. The summed E-state index contributed by atoms with van der Waals surface area (Å²) in [5.41, 5.74) is 1.84. The number of carbonyl (C=O) groups is 3. The van der Waals surface area contributed by atoms with Crippen molar-refractivity contribution < 1.29 is 14.4 Å². The number of piperidine rings is 1. The quantitative estimate of drug-likeness (QED) is 0.635. The Labute approximate surface area is 207 Å². The van der Waals surface area contributed by atoms with E-state index in [1.54, 1.807) is 25.2 Å². The van der Waals surface area contributed by atoms with Gasteiger partial charge in [0.15, 0.2) is 0 Å². The number of carbonyl (C=O) groups excluding carboxylic acids is 3. The van der Waals surface area contributed by atoms with Crippen molar-refractivity contribution in [2.45, 2.75) is 46.1 Å². The molecule has 0 spiro atoms. The number of rotatable bonds is 6. The SMILES string of the molecule is CNC(=O)c1cccc(C(=O)N[C@@H](C(=O)N2CCC(c3ccc(Cl)cc3)C(C)(C)C2)C(C)C)c1. The third-order valence-corrected chi connectivity index (χ3v) is 6.90. The van der Waals surface area contributed by atoms with Gasteiger partial charge in [0.25, 0.3) is 11.8 Å². The summed E-state index contributed by atoms with van der Waals surface area (Å²) < 4.78 is 0. The molecule has 1 heterocycles. The highest BCUT2D eigenvalue weighted by molar-refractivity contribution is 6.30. The second-order valence-corrected chi connectivity index (χ2v) is 10.4. The van der Waals surface area contributed by atoms with Crippen molar-refractivity contribution in [1.82, 2.24) is 15.5 Å². The molecule has 1 saturated heterocycles. The van der Waals surface area contributed by atoms with Gasteiger partial charge in [-0.1, -0.05) is 57.5 Å². The zero-order valence-corrected chi connectivity index (χ0v) is 21.3. The minimum absolute atomic E-state index is 0.0755. The molecule has 3 amide bonds. The van der Waals surface area contributed by atoms with Crippen LogP contribution in [-0.4, -0.2) is 48.8 Å². The van der Waals surface area contributed by atoms with Gasteiger partial charge >= 0.3 is 0 Å². The summed E-state index contributed by atoms with van der Waals surface area (Å²) in [5.74, 6) is -0.484. The molecule has 1 fully saturated rings. The summed E-state index contributed by atoms with van der Waals surface area (Å²) in [6, 6.07) is 13.8. The van der Waals surface area contributed by atoms with Crippen molar-refractivity contribution in [3.63, 3.8) is 0 Å². The zero-order chi connectivity index (χ0) is 25.0. The van der Waals surface area contributed by atoms with Gasteiger partial charge < -0.3 is 15.5 Å². The van der Waals surface area contributed by atoms with Crippen LogP contribution in [0.5, 0.6) is 0 Å². The highest BCUT2D eigenvalue weighted by Crippen LogP contribution is 2.42. The highest BCUT2D eigenvalue weighted by atomic mass is 35.5. The average molecular weight is 484 g/mol. The topological polar surface area (TPSA) is 78.5 Å². The van der Waals surface area contributed by atoms with Gasteiger partial charge in [-0.2, -0.15) is 0 Å². The summed E-state index contributed by atoms with van der Waals surface area (Å²) in [6.07, 6.45) is 0.841. The number of hydrogen-bond donors (Lipinski definition) is 2. The van der Waals surface area contributed by atoms with Crippen molar-refractivity contribution >= 4 is 29.3 Å². The molecule has 0 aromatic heterocycles. The zero-order valence-electron chi connectivity index (χ0n) is 20.5. The maximum Gasteiger partial charge on any atom is 0.251 e. The van der Waals surface area contributed by atoms with Gasteiger partial charge in [-0.3, -0.25) is 14.4 Å². The van der Waals surface area contributed by atoms with Gasteiger partial charge in [0.2, 0.25) is 5.91 Å². The molecule has 1 aliphatic rings. The van der Waals surface area contributed by atoms with Crippen LogP contribution < -0.4 is 10.6 Å². The Kier molecular flexibility index (Phi) is 8.03. The molecule has 0 aliphatic carbocycles. The lowest BCUT2D eigenvalue weighted by molar-refractivity contribution is -0.137. The maximum absolute atomic E-state index is 13.5. The van der Waals surface area contributed by atoms with Crippen LogP contribution in [0.15, 0.2) is 48.5 Å². The van der Waals surface area contributed by atoms with Crippen LogP contribution in [-0.2, 0) is 4.79 Å². The van der Waals surface area contributed by atoms with Crippen LogP contribution in [0.2, 0.25) is 5.02 Å². The van der Waals surface area contributed by atoms with Crippen molar-refractivity contribution in [2.75, 3.05) is 20.1 Å². The summed E-state index contributed by atoms with van der Waals surface area (Å²) in [7, 11) is 1.54. The minimum atomic E-state index is -0.654. The van der Waals surface area contributed by atoms with Gasteiger partial charge in [0, 0.05) is 36.3 Å². The minimum Gasteiger partial charge on any atom is -0.355 e. The Hall–Kier alpha value is -2.86. The second kappa shape index (κ2) is 10.6. The molecule has 34 heavy (non-hydrogen) atoms. The number of hydrogen-bond acceptors (Lipinski definition) is 3. The van der Waals surface area contributed by atoms with Gasteiger partial charge in [-0.05, 0) is 59.6 Å². The van der Waals surface area contributed by atoms with E-state index in [0.29, 0.717) is 35.2 Å². The molecular formula is C27H34ClN3O3. The molecule has 1 unspecified atom stereocenters. The summed E-state index contributed by atoms with van der Waals surface area (Å²) in [6.45, 7) is 9.44. The van der Waals surface area contributed by atoms with E-state index in [2.05, 4.69) is 36.6 Å². The average Bonchev–Trinajstić information content (AvgIpc) is 2.81. The lowest BCUT2D eigenvalue weighted by Gasteiger charge is -2.45. The van der Waals surface area contributed by atoms with Gasteiger partial charge in [-0.15, -0.1) is 0 Å². The fraction of sp³-hybridized carbons (Fsp3) is 0.444. The summed E-state index contributed by atoms with van der Waals surface area (Å²) >= 11 is 6.06. The van der Waals surface area contributed by atoms with E-state index in [1.165, 1.54) is 11.6 Å². The van der Waals surface area contributed by atoms with E-state index in [-0.39, 0.29) is 29.1 Å². The first-order valence-electron chi connectivity index (χ1n) is 11.7. The van der Waals surface area contributed by atoms with Crippen molar-refractivity contribution in [3.05, 3.63) is 70.2 Å². The van der Waals surface area contributed by atoms with Gasteiger partial charge in [0.05, 0.1) is 0 Å². The van der Waals surface area contributed by atoms with E-state index in [4.69, 9.17) is 11.6 Å². The number of nitrogens with one attached hydrogen (secondary N) is 2. The standard InChI is InChI=1S/C27H34ClN3O3/c1-17(2)23(30-25(33)20-8-6-7-19(15-20)24(32)29-5)26(34)31-14-13-22(27(3,4)16-31)18-9-11-21(28)12-10-18/h6-12,15,17,22-23H,13-14,16H2,1-5H3,(H,29,32)(H,30,33)/t22?,23-/m1/s1. The second-order valence-electron chi connectivity index (χ2n) is 10.00. The third kappa shape index (κ3) is 5.79. The smallest absolute Gasteiger partial charge is 0.251 e. The molecule has 2 aromatic carbocycles. The molecule has 7 heteroatoms. The van der Waals surface area contributed by atoms with E-state index < -0.39 is 6.04 Å². The number of nitrogens with zero attached hydrogens (tertiary/aromatic N) is 1. The van der Waals surface area contributed by atoms with E-state index >= 15 is 0 Å². The Balaban J connectivity index is 1.73. The predicted molar refractivity (Wildman–Crippen MR) is 135 cm³/mol. The number of benzene rings is 2. The van der Waals surface area contributed by atoms with Gasteiger partial charge in [-0.25, -0.2) is 0 Å². The van der Waals surface area contributed by atoms with E-state index in [9.17, 15) is 14.4 Å². The highest BCUT2D eigenvalue weighted by Gasteiger charge is 2.40. The first-order valence-corrected chi connectivity index (χ1v) is 12.1. The normalized spacial score (nSPS) is 18.3. The number of amides is 3. The van der Waals surface area contributed by atoms with Crippen LogP contribution in [0.4, 0.5) is 0 Å². The summed E-state index contributed by atoms with van der Waals surface area (Å²) in [5, 5.41) is 6.18. The van der Waals surface area contributed by atoms with Crippen LogP contribution in [0.3, 0.4) is 0 Å². The molecule has 0 radical (unpaired) electrons. The monoisotopic (exact) mass is 483 g/mol. The Morgan fingerprint density at radius 2 is 1.65 bits per heavy atom. The van der Waals surface area contributed by atoms with Crippen molar-refractivity contribution in [1.29, 1.82) is 0 Å². The summed E-state index contributed by atoms with van der Waals surface area (Å²) in [4.78, 5) is 40.3. The number of halogens is 1. The molecular weight excluding hydrogens is 450 g/mol. The molecule has 2 N–H and O–H groups in total. The van der Waals surface area contributed by atoms with Crippen LogP contribution in [0, 0.1) is 11.3 Å². The first-order chi connectivity index (χ1) is 16.0. The largest absolute Gasteiger partial charge is 0.355 e. The fourth-order valence-electron chi connectivity index (χ4n) is 4.74. The molecule has 0 bridgehead atoms. The van der Waals surface area contributed by atoms with Crippen LogP contribution >= 0.6 is 11.6 Å². The van der Waals surface area contributed by atoms with Crippen LogP contribution in [0.25, 0.3) is 0 Å². The number of likely N-dealkylation sites (tertiary alicyclic amines) is 1. The molecule has 182 valence electrons. The first kappa shape index (κ1) is 25.8. The Bertz CT molecular complexity index is 1050. The third-order valence-electron chi connectivity index (χ3n) is 6.65.